The fraction of sp³-hybridized carbons (Fsp3) is 0.750. The van der Waals surface area contributed by atoms with Crippen LogP contribution in [0.4, 0.5) is 4.79 Å². The summed E-state index contributed by atoms with van der Waals surface area (Å²) in [6.45, 7) is -1.18. The second-order valence-corrected chi connectivity index (χ2v) is 19.2. The summed E-state index contributed by atoms with van der Waals surface area (Å²) >= 11 is 1.84. The van der Waals surface area contributed by atoms with Gasteiger partial charge in [0.25, 0.3) is 11.8 Å². The number of benzene rings is 1. The maximum Gasteiger partial charge on any atom is 0.315 e. The van der Waals surface area contributed by atoms with E-state index in [0.29, 0.717) is 23.0 Å². The number of amides is 6. The summed E-state index contributed by atoms with van der Waals surface area (Å²) in [6.07, 6.45) is -20.7. The average molecular weight is 1050 g/mol. The molecule has 0 aliphatic carbocycles. The summed E-state index contributed by atoms with van der Waals surface area (Å²) < 4.78 is 39.6. The first-order valence-electron chi connectivity index (χ1n) is 23.8. The topological polar surface area (TPSA) is 404 Å². The minimum absolute atomic E-state index is 0.0891. The van der Waals surface area contributed by atoms with Crippen molar-refractivity contribution in [2.24, 2.45) is 0 Å². The summed E-state index contributed by atoms with van der Waals surface area (Å²) in [4.78, 5) is 61.3. The van der Waals surface area contributed by atoms with Gasteiger partial charge in [0.15, 0.2) is 25.5 Å². The number of rotatable bonds is 25. The zero-order valence-electron chi connectivity index (χ0n) is 39.4. The molecular formula is C44H68N6O21S. The molecule has 406 valence electrons. The molecule has 5 aliphatic heterocycles. The van der Waals surface area contributed by atoms with E-state index < -0.39 is 124 Å². The van der Waals surface area contributed by atoms with Crippen LogP contribution in [0.25, 0.3) is 0 Å². The number of nitrogens with one attached hydrogen (secondary N) is 6. The van der Waals surface area contributed by atoms with E-state index in [9.17, 15) is 69.9 Å². The third-order valence-corrected chi connectivity index (χ3v) is 14.2. The fourth-order valence-electron chi connectivity index (χ4n) is 8.83. The van der Waals surface area contributed by atoms with Crippen LogP contribution in [-0.4, -0.2) is 243 Å². The molecule has 6 amide bonds. The Morgan fingerprint density at radius 1 is 0.694 bits per heavy atom. The number of ether oxygens (including phenoxy) is 7. The zero-order chi connectivity index (χ0) is 52.1. The van der Waals surface area contributed by atoms with Crippen molar-refractivity contribution in [3.63, 3.8) is 0 Å². The molecule has 5 saturated heterocycles. The first-order chi connectivity index (χ1) is 34.5. The van der Waals surface area contributed by atoms with E-state index in [1.807, 2.05) is 11.8 Å². The number of hydrogen-bond donors (Lipinski definition) is 15. The Kier molecular flexibility index (Phi) is 21.8. The maximum atomic E-state index is 12.6. The third-order valence-electron chi connectivity index (χ3n) is 12.7. The normalized spacial score (nSPS) is 35.3. The lowest BCUT2D eigenvalue weighted by atomic mass is 9.95. The number of carbonyl (C=O) groups is 5. The van der Waals surface area contributed by atoms with Gasteiger partial charge in [0, 0.05) is 49.5 Å². The Hall–Kier alpha value is -4.08. The van der Waals surface area contributed by atoms with Gasteiger partial charge in [0.1, 0.15) is 78.9 Å². The largest absolute Gasteiger partial charge is 0.484 e. The van der Waals surface area contributed by atoms with Crippen LogP contribution in [-0.2, 0) is 42.8 Å². The molecule has 0 spiro atoms. The van der Waals surface area contributed by atoms with Crippen molar-refractivity contribution in [3.05, 3.63) is 29.8 Å². The van der Waals surface area contributed by atoms with Gasteiger partial charge in [-0.3, -0.25) is 19.2 Å². The summed E-state index contributed by atoms with van der Waals surface area (Å²) in [6, 6.07) is 4.94. The van der Waals surface area contributed by atoms with Gasteiger partial charge < -0.3 is 111 Å². The van der Waals surface area contributed by atoms with Crippen molar-refractivity contribution < 1.29 is 103 Å². The Labute approximate surface area is 417 Å². The van der Waals surface area contributed by atoms with Crippen LogP contribution in [0.5, 0.6) is 5.75 Å². The zero-order valence-corrected chi connectivity index (χ0v) is 40.2. The molecule has 5 heterocycles. The number of fused-ring (bicyclic) bond motifs is 1. The second-order valence-electron chi connectivity index (χ2n) is 17.9. The number of unbranched alkanes of at least 4 members (excludes halogenated alkanes) is 1. The van der Waals surface area contributed by atoms with Crippen LogP contribution in [0, 0.1) is 0 Å². The van der Waals surface area contributed by atoms with Gasteiger partial charge >= 0.3 is 6.03 Å². The van der Waals surface area contributed by atoms with Gasteiger partial charge in [-0.2, -0.15) is 11.8 Å². The van der Waals surface area contributed by atoms with E-state index in [2.05, 4.69) is 31.9 Å². The van der Waals surface area contributed by atoms with Crippen LogP contribution in [0.2, 0.25) is 0 Å². The van der Waals surface area contributed by atoms with Crippen LogP contribution >= 0.6 is 11.8 Å². The predicted octanol–water partition coefficient (Wildman–Crippen LogP) is -6.25. The molecule has 0 bridgehead atoms. The molecule has 15 N–H and O–H groups in total. The summed E-state index contributed by atoms with van der Waals surface area (Å²) in [5, 5.41) is 111. The Morgan fingerprint density at radius 3 is 2.03 bits per heavy atom. The molecule has 0 saturated carbocycles. The SMILES string of the molecule is CC(=O)N[C@H]1[C@H](OCCCNC(=O)COc2ccc(C(=O)NCCNC(=O)CCCC[C@@H]3SC[C@@H]4NC(=O)N[C@@H]43)cc2)O[C@H](CO)[C@@H](O[C@@H]2O[C@H](CO)[C@H](O)[C@H](O[C@H]3O[C@H](CO)[C@H](O)[C@H](O)[C@H]3O)[C@H]2O)[C@@H]1O. The van der Waals surface area contributed by atoms with E-state index >= 15 is 0 Å². The van der Waals surface area contributed by atoms with Crippen LogP contribution < -0.4 is 36.6 Å². The highest BCUT2D eigenvalue weighted by Gasteiger charge is 2.54. The van der Waals surface area contributed by atoms with Gasteiger partial charge in [-0.1, -0.05) is 6.42 Å². The average Bonchev–Trinajstić information content (AvgIpc) is 3.93. The van der Waals surface area contributed by atoms with Crippen molar-refractivity contribution in [2.45, 2.75) is 148 Å². The van der Waals surface area contributed by atoms with Gasteiger partial charge in [-0.15, -0.1) is 0 Å². The molecule has 1 aromatic carbocycles. The van der Waals surface area contributed by atoms with Crippen LogP contribution in [0.1, 0.15) is 49.4 Å². The first kappa shape index (κ1) is 57.2. The van der Waals surface area contributed by atoms with Crippen molar-refractivity contribution >= 4 is 41.4 Å². The summed E-state index contributed by atoms with van der Waals surface area (Å²) in [5.41, 5.74) is 0.340. The second kappa shape index (κ2) is 27.5. The summed E-state index contributed by atoms with van der Waals surface area (Å²) in [7, 11) is 0. The van der Waals surface area contributed by atoms with Crippen LogP contribution in [0.3, 0.4) is 0 Å². The Balaban J connectivity index is 0.877. The molecular weight excluding hydrogens is 981 g/mol. The van der Waals surface area contributed by atoms with Crippen molar-refractivity contribution in [2.75, 3.05) is 58.4 Å². The smallest absolute Gasteiger partial charge is 0.315 e. The molecule has 0 unspecified atom stereocenters. The lowest BCUT2D eigenvalue weighted by Crippen LogP contribution is -2.68. The number of aliphatic hydroxyl groups excluding tert-OH is 9. The minimum Gasteiger partial charge on any atom is -0.484 e. The fourth-order valence-corrected chi connectivity index (χ4v) is 10.4. The molecule has 0 radical (unpaired) electrons. The number of urea groups is 1. The van der Waals surface area contributed by atoms with Gasteiger partial charge in [0.2, 0.25) is 11.8 Å². The molecule has 5 fully saturated rings. The monoisotopic (exact) mass is 1050 g/mol. The maximum absolute atomic E-state index is 12.6. The molecule has 6 rings (SSSR count). The number of hydrogen-bond acceptors (Lipinski definition) is 22. The van der Waals surface area contributed by atoms with Crippen molar-refractivity contribution in [1.82, 2.24) is 31.9 Å². The molecule has 27 nitrogen and oxygen atoms in total. The van der Waals surface area contributed by atoms with E-state index in [-0.39, 0.29) is 69.2 Å². The summed E-state index contributed by atoms with van der Waals surface area (Å²) in [5.74, 6) is -0.362. The predicted molar refractivity (Wildman–Crippen MR) is 245 cm³/mol. The quantitative estimate of drug-likeness (QED) is 0.0320. The number of carbonyl (C=O) groups excluding carboxylic acids is 5. The molecule has 0 aromatic heterocycles. The van der Waals surface area contributed by atoms with E-state index in [0.717, 1.165) is 31.9 Å². The highest BCUT2D eigenvalue weighted by Crippen LogP contribution is 2.34. The Bertz CT molecular complexity index is 1930. The lowest BCUT2D eigenvalue weighted by Gasteiger charge is -2.48. The molecule has 28 heteroatoms. The first-order valence-corrected chi connectivity index (χ1v) is 24.9. The van der Waals surface area contributed by atoms with Gasteiger partial charge in [-0.05, 0) is 43.5 Å². The highest BCUT2D eigenvalue weighted by molar-refractivity contribution is 8.00. The van der Waals surface area contributed by atoms with E-state index in [4.69, 9.17) is 33.2 Å². The molecule has 72 heavy (non-hydrogen) atoms. The van der Waals surface area contributed by atoms with Gasteiger partial charge in [0.05, 0.1) is 38.5 Å². The molecule has 18 atom stereocenters. The third kappa shape index (κ3) is 15.0. The number of aliphatic hydroxyl groups is 9. The van der Waals surface area contributed by atoms with Gasteiger partial charge in [-0.25, -0.2) is 4.79 Å². The molecule has 1 aromatic rings. The van der Waals surface area contributed by atoms with E-state index in [1.165, 1.54) is 24.3 Å². The van der Waals surface area contributed by atoms with Crippen molar-refractivity contribution in [3.8, 4) is 5.75 Å². The standard InChI is InChI=1S/C44H68N6O21S/c1-20(54)48-31-34(59)38(70-43-37(62)39(33(58)25(16-52)68-43)71-42-36(61)35(60)32(57)24(15-51)67-42)26(17-53)69-41(31)65-14-4-11-45-29(56)18-66-22-9-7-21(8-10-22)40(63)47-13-12-46-28(55)6-3-2-5-27-30-23(19-72-27)49-44(64)50-30/h7-10,23-27,30-39,41-43,51-53,57-62H,2-6,11-19H2,1H3,(H,45,56)(H,46,55)(H,47,63)(H,48,54)(H2,49,50,64)/t23-,24+,25+,26+,27-,30-,31+,32-,33-,34+,35-,36+,37+,38+,39-,41+,42+,43-/m0/s1. The van der Waals surface area contributed by atoms with E-state index in [1.54, 1.807) is 0 Å². The lowest BCUT2D eigenvalue weighted by molar-refractivity contribution is -0.376. The highest BCUT2D eigenvalue weighted by atomic mass is 32.2. The van der Waals surface area contributed by atoms with Crippen LogP contribution in [0.15, 0.2) is 24.3 Å². The van der Waals surface area contributed by atoms with Crippen molar-refractivity contribution in [1.29, 1.82) is 0 Å². The minimum atomic E-state index is -1.98. The number of thioether (sulfide) groups is 1. The molecule has 5 aliphatic rings. The Morgan fingerprint density at radius 2 is 1.33 bits per heavy atom.